The van der Waals surface area contributed by atoms with E-state index in [9.17, 15) is 9.59 Å². The number of H-pyrrole nitrogens is 2. The number of rotatable bonds is 3. The first-order valence-electron chi connectivity index (χ1n) is 6.68. The minimum atomic E-state index is 0.0993. The molecule has 2 heterocycles. The van der Waals surface area contributed by atoms with Crippen molar-refractivity contribution in [3.63, 3.8) is 0 Å². The van der Waals surface area contributed by atoms with Gasteiger partial charge in [0.25, 0.3) is 0 Å². The Kier molecular flexibility index (Phi) is 3.86. The van der Waals surface area contributed by atoms with Crippen molar-refractivity contribution in [2.45, 2.75) is 13.3 Å². The molecule has 2 aromatic rings. The molecule has 110 valence electrons. The number of benzene rings is 1. The second kappa shape index (κ2) is 5.65. The minimum absolute atomic E-state index is 0.0993. The molecular formula is C14H15N3O2S2. The van der Waals surface area contributed by atoms with Gasteiger partial charge >= 0.3 is 0 Å². The van der Waals surface area contributed by atoms with Crippen molar-refractivity contribution < 1.29 is 9.59 Å². The third kappa shape index (κ3) is 3.03. The first kappa shape index (κ1) is 14.3. The molecule has 1 atom stereocenters. The van der Waals surface area contributed by atoms with Gasteiger partial charge in [-0.1, -0.05) is 11.8 Å². The van der Waals surface area contributed by atoms with E-state index in [1.807, 2.05) is 18.2 Å². The fourth-order valence-corrected chi connectivity index (χ4v) is 3.48. The first-order valence-corrected chi connectivity index (χ1v) is 8.08. The van der Waals surface area contributed by atoms with E-state index >= 15 is 0 Å². The van der Waals surface area contributed by atoms with E-state index in [4.69, 9.17) is 12.2 Å². The van der Waals surface area contributed by atoms with E-state index in [1.165, 1.54) is 11.8 Å². The second-order valence-corrected chi connectivity index (χ2v) is 6.79. The Hall–Kier alpha value is -1.60. The largest absolute Gasteiger partial charge is 0.331 e. The van der Waals surface area contributed by atoms with Crippen LogP contribution >= 0.6 is 24.0 Å². The molecule has 0 bridgehead atoms. The van der Waals surface area contributed by atoms with Gasteiger partial charge in [-0.3, -0.25) is 9.59 Å². The summed E-state index contributed by atoms with van der Waals surface area (Å²) in [6.07, 6.45) is 0.501. The molecule has 3 rings (SSSR count). The van der Waals surface area contributed by atoms with E-state index in [-0.39, 0.29) is 16.9 Å². The van der Waals surface area contributed by atoms with Crippen molar-refractivity contribution in [2.75, 3.05) is 17.2 Å². The van der Waals surface area contributed by atoms with Crippen LogP contribution in [0.4, 0.5) is 5.69 Å². The van der Waals surface area contributed by atoms with Gasteiger partial charge in [-0.2, -0.15) is 0 Å². The van der Waals surface area contributed by atoms with Gasteiger partial charge in [-0.25, -0.2) is 0 Å². The Morgan fingerprint density at radius 1 is 1.43 bits per heavy atom. The Bertz CT molecular complexity index is 765. The third-order valence-electron chi connectivity index (χ3n) is 3.54. The van der Waals surface area contributed by atoms with Gasteiger partial charge in [-0.15, -0.1) is 0 Å². The Morgan fingerprint density at radius 2 is 2.19 bits per heavy atom. The van der Waals surface area contributed by atoms with Crippen LogP contribution in [0.5, 0.6) is 0 Å². The van der Waals surface area contributed by atoms with Crippen molar-refractivity contribution >= 4 is 51.7 Å². The molecule has 2 N–H and O–H groups in total. The number of aromatic amines is 2. The highest BCUT2D eigenvalue weighted by Gasteiger charge is 2.30. The second-order valence-electron chi connectivity index (χ2n) is 5.19. The Labute approximate surface area is 131 Å². The number of anilines is 1. The van der Waals surface area contributed by atoms with Gasteiger partial charge in [0.15, 0.2) is 9.89 Å². The van der Waals surface area contributed by atoms with Crippen molar-refractivity contribution in [1.82, 2.24) is 9.97 Å². The monoisotopic (exact) mass is 321 g/mol. The van der Waals surface area contributed by atoms with Gasteiger partial charge in [0.1, 0.15) is 0 Å². The zero-order valence-corrected chi connectivity index (χ0v) is 13.1. The number of hydrogen-bond acceptors (Lipinski definition) is 4. The predicted octanol–water partition coefficient (Wildman–Crippen LogP) is 2.86. The van der Waals surface area contributed by atoms with Crippen LogP contribution in [0.15, 0.2) is 18.2 Å². The van der Waals surface area contributed by atoms with Gasteiger partial charge in [0, 0.05) is 31.3 Å². The number of carbonyl (C=O) groups is 2. The fraction of sp³-hybridized carbons (Fsp3) is 0.357. The lowest BCUT2D eigenvalue weighted by molar-refractivity contribution is -0.117. The highest BCUT2D eigenvalue weighted by molar-refractivity contribution is 8.13. The molecule has 1 aromatic heterocycles. The summed E-state index contributed by atoms with van der Waals surface area (Å²) >= 11 is 6.36. The van der Waals surface area contributed by atoms with E-state index in [1.54, 1.807) is 11.8 Å². The zero-order chi connectivity index (χ0) is 15.0. The van der Waals surface area contributed by atoms with Crippen LogP contribution in [0.3, 0.4) is 0 Å². The number of thioether (sulfide) groups is 1. The molecule has 0 saturated carbocycles. The van der Waals surface area contributed by atoms with Gasteiger partial charge in [0.05, 0.1) is 11.0 Å². The maximum Gasteiger partial charge on any atom is 0.227 e. The Morgan fingerprint density at radius 3 is 2.95 bits per heavy atom. The van der Waals surface area contributed by atoms with Gasteiger partial charge in [0.2, 0.25) is 5.91 Å². The van der Waals surface area contributed by atoms with Crippen LogP contribution in [0.1, 0.15) is 13.3 Å². The zero-order valence-electron chi connectivity index (χ0n) is 11.5. The van der Waals surface area contributed by atoms with E-state index in [0.717, 1.165) is 16.7 Å². The summed E-state index contributed by atoms with van der Waals surface area (Å²) in [5.74, 6) is 1.04. The van der Waals surface area contributed by atoms with Gasteiger partial charge in [-0.05, 0) is 36.3 Å². The molecule has 1 amide bonds. The number of fused-ring (bicyclic) bond motifs is 1. The number of imidazole rings is 1. The quantitative estimate of drug-likeness (QED) is 0.853. The van der Waals surface area contributed by atoms with Crippen LogP contribution in [0.25, 0.3) is 11.0 Å². The van der Waals surface area contributed by atoms with Crippen molar-refractivity contribution in [2.24, 2.45) is 5.92 Å². The van der Waals surface area contributed by atoms with Crippen molar-refractivity contribution in [3.8, 4) is 0 Å². The number of hydrogen-bond donors (Lipinski definition) is 2. The number of nitrogens with one attached hydrogen (secondary N) is 2. The maximum absolute atomic E-state index is 12.2. The van der Waals surface area contributed by atoms with Crippen molar-refractivity contribution in [1.29, 1.82) is 0 Å². The smallest absolute Gasteiger partial charge is 0.227 e. The molecule has 7 heteroatoms. The molecule has 0 radical (unpaired) electrons. The summed E-state index contributed by atoms with van der Waals surface area (Å²) in [5, 5.41) is 0.0993. The summed E-state index contributed by atoms with van der Waals surface area (Å²) in [5.41, 5.74) is 2.69. The first-order chi connectivity index (χ1) is 10.0. The number of carbonyl (C=O) groups excluding carboxylic acids is 2. The average Bonchev–Trinajstić information content (AvgIpc) is 2.97. The minimum Gasteiger partial charge on any atom is -0.331 e. The standard InChI is InChI=1S/C14H15N3O2S2/c1-8(18)21-7-9-4-13(19)17(6-9)10-2-3-11-12(5-10)16-14(20)15-11/h2-3,5,9H,4,6-7H2,1H3,(H2,15,16,20). The summed E-state index contributed by atoms with van der Waals surface area (Å²) in [4.78, 5) is 31.1. The maximum atomic E-state index is 12.2. The summed E-state index contributed by atoms with van der Waals surface area (Å²) in [6.45, 7) is 2.22. The highest BCUT2D eigenvalue weighted by Crippen LogP contribution is 2.29. The highest BCUT2D eigenvalue weighted by atomic mass is 32.2. The molecule has 1 aliphatic heterocycles. The molecule has 21 heavy (non-hydrogen) atoms. The average molecular weight is 321 g/mol. The van der Waals surface area contributed by atoms with E-state index in [2.05, 4.69) is 9.97 Å². The van der Waals surface area contributed by atoms with Crippen LogP contribution in [0.2, 0.25) is 0 Å². The van der Waals surface area contributed by atoms with Crippen molar-refractivity contribution in [3.05, 3.63) is 23.0 Å². The number of aromatic nitrogens is 2. The van der Waals surface area contributed by atoms with E-state index < -0.39 is 0 Å². The van der Waals surface area contributed by atoms with Crippen LogP contribution in [-0.2, 0) is 9.59 Å². The molecule has 1 saturated heterocycles. The van der Waals surface area contributed by atoms with Crippen LogP contribution in [-0.4, -0.2) is 33.3 Å². The topological polar surface area (TPSA) is 69.0 Å². The molecule has 0 aliphatic carbocycles. The van der Waals surface area contributed by atoms with Crippen LogP contribution < -0.4 is 4.90 Å². The lowest BCUT2D eigenvalue weighted by Crippen LogP contribution is -2.24. The number of amides is 1. The summed E-state index contributed by atoms with van der Waals surface area (Å²) in [7, 11) is 0. The van der Waals surface area contributed by atoms with Gasteiger partial charge < -0.3 is 14.9 Å². The Balaban J connectivity index is 1.80. The molecule has 1 unspecified atom stereocenters. The fourth-order valence-electron chi connectivity index (χ4n) is 2.57. The summed E-state index contributed by atoms with van der Waals surface area (Å²) in [6, 6.07) is 5.77. The SMILES string of the molecule is CC(=O)SCC1CC(=O)N(c2ccc3[nH]c(=S)[nH]c3c2)C1. The summed E-state index contributed by atoms with van der Waals surface area (Å²) < 4.78 is 0.575. The molecule has 1 aliphatic rings. The third-order valence-corrected chi connectivity index (χ3v) is 4.79. The molecule has 1 aromatic carbocycles. The lowest BCUT2D eigenvalue weighted by atomic mass is 10.1. The molecule has 1 fully saturated rings. The normalized spacial score (nSPS) is 18.6. The lowest BCUT2D eigenvalue weighted by Gasteiger charge is -2.16. The van der Waals surface area contributed by atoms with E-state index in [0.29, 0.717) is 23.5 Å². The van der Waals surface area contributed by atoms with Crippen LogP contribution in [0, 0.1) is 10.7 Å². The predicted molar refractivity (Wildman–Crippen MR) is 87.1 cm³/mol. The number of nitrogens with zero attached hydrogens (tertiary/aromatic N) is 1. The molecule has 5 nitrogen and oxygen atoms in total. The molecular weight excluding hydrogens is 306 g/mol. The molecule has 0 spiro atoms.